The Hall–Kier alpha value is -3.65. The number of rotatable bonds is 9. The van der Waals surface area contributed by atoms with Crippen LogP contribution in [0.1, 0.15) is 32.9 Å². The molecule has 0 atom stereocenters. The van der Waals surface area contributed by atoms with E-state index < -0.39 is 0 Å². The van der Waals surface area contributed by atoms with E-state index in [1.807, 2.05) is 11.4 Å². The number of anilines is 2. The number of benzene rings is 2. The Kier molecular flexibility index (Phi) is 7.78. The number of carbonyl (C=O) groups is 3. The smallest absolute Gasteiger partial charge is 0.265 e. The topological polar surface area (TPSA) is 96.5 Å². The van der Waals surface area contributed by atoms with Gasteiger partial charge in [-0.1, -0.05) is 12.1 Å². The number of hydrogen-bond donors (Lipinski definition) is 3. The fourth-order valence-corrected chi connectivity index (χ4v) is 3.41. The van der Waals surface area contributed by atoms with Gasteiger partial charge in [0.2, 0.25) is 5.91 Å². The summed E-state index contributed by atoms with van der Waals surface area (Å²) in [6.07, 6.45) is 0.761. The summed E-state index contributed by atoms with van der Waals surface area (Å²) in [6.45, 7) is 0.384. The van der Waals surface area contributed by atoms with Crippen LogP contribution in [0.3, 0.4) is 0 Å². The summed E-state index contributed by atoms with van der Waals surface area (Å²) in [5, 5.41) is 10.3. The zero-order valence-electron chi connectivity index (χ0n) is 17.0. The fraction of sp³-hybridized carbons (Fsp3) is 0.174. The summed E-state index contributed by atoms with van der Waals surface area (Å²) in [5.41, 5.74) is 1.73. The molecule has 0 saturated carbocycles. The van der Waals surface area contributed by atoms with Crippen molar-refractivity contribution in [2.24, 2.45) is 0 Å². The van der Waals surface area contributed by atoms with Gasteiger partial charge in [-0.05, 0) is 60.3 Å². The van der Waals surface area contributed by atoms with Crippen LogP contribution in [0.4, 0.5) is 11.4 Å². The Morgan fingerprint density at radius 1 is 0.903 bits per heavy atom. The van der Waals surface area contributed by atoms with Gasteiger partial charge in [-0.15, -0.1) is 11.3 Å². The lowest BCUT2D eigenvalue weighted by Gasteiger charge is -2.09. The Balaban J connectivity index is 1.41. The highest BCUT2D eigenvalue weighted by molar-refractivity contribution is 7.12. The Morgan fingerprint density at radius 3 is 2.32 bits per heavy atom. The number of methoxy groups -OCH3 is 1. The van der Waals surface area contributed by atoms with Crippen molar-refractivity contribution in [1.82, 2.24) is 5.32 Å². The van der Waals surface area contributed by atoms with Crippen molar-refractivity contribution < 1.29 is 19.1 Å². The molecule has 0 aliphatic heterocycles. The summed E-state index contributed by atoms with van der Waals surface area (Å²) < 4.78 is 5.07. The minimum Gasteiger partial charge on any atom is -0.497 e. The molecule has 0 fully saturated rings. The van der Waals surface area contributed by atoms with Crippen molar-refractivity contribution in [3.63, 3.8) is 0 Å². The first-order valence-electron chi connectivity index (χ1n) is 9.72. The highest BCUT2D eigenvalue weighted by Gasteiger charge is 2.09. The molecule has 0 aliphatic carbocycles. The van der Waals surface area contributed by atoms with Crippen LogP contribution in [-0.4, -0.2) is 31.4 Å². The normalized spacial score (nSPS) is 10.2. The second kappa shape index (κ2) is 10.9. The van der Waals surface area contributed by atoms with Crippen LogP contribution in [0.25, 0.3) is 0 Å². The fourth-order valence-electron chi connectivity index (χ4n) is 2.79. The number of amides is 3. The first kappa shape index (κ1) is 22.0. The van der Waals surface area contributed by atoms with Crippen LogP contribution < -0.4 is 20.7 Å². The van der Waals surface area contributed by atoms with Crippen molar-refractivity contribution in [2.45, 2.75) is 12.8 Å². The van der Waals surface area contributed by atoms with Crippen molar-refractivity contribution in [2.75, 3.05) is 24.3 Å². The SMILES string of the molecule is COc1ccc(C(=O)NCCCC(=O)Nc2cccc(NC(=O)c3cccs3)c2)cc1. The number of carbonyl (C=O) groups excluding carboxylic acids is 3. The van der Waals surface area contributed by atoms with Gasteiger partial charge in [0.1, 0.15) is 5.75 Å². The average molecular weight is 438 g/mol. The van der Waals surface area contributed by atoms with E-state index in [1.54, 1.807) is 61.7 Å². The number of thiophene rings is 1. The lowest BCUT2D eigenvalue weighted by molar-refractivity contribution is -0.116. The molecule has 3 amide bonds. The molecule has 0 unspecified atom stereocenters. The molecule has 3 aromatic rings. The average Bonchev–Trinajstić information content (AvgIpc) is 3.32. The zero-order valence-corrected chi connectivity index (χ0v) is 17.8. The largest absolute Gasteiger partial charge is 0.497 e. The summed E-state index contributed by atoms with van der Waals surface area (Å²) in [7, 11) is 1.57. The number of hydrogen-bond acceptors (Lipinski definition) is 5. The molecule has 7 nitrogen and oxygen atoms in total. The summed E-state index contributed by atoms with van der Waals surface area (Å²) >= 11 is 1.36. The predicted octanol–water partition coefficient (Wildman–Crippen LogP) is 4.16. The van der Waals surface area contributed by atoms with Crippen LogP contribution in [0.5, 0.6) is 5.75 Å². The van der Waals surface area contributed by atoms with E-state index in [2.05, 4.69) is 16.0 Å². The molecule has 2 aromatic carbocycles. The maximum atomic E-state index is 12.2. The van der Waals surface area contributed by atoms with Crippen LogP contribution in [0.15, 0.2) is 66.0 Å². The van der Waals surface area contributed by atoms with E-state index in [4.69, 9.17) is 4.74 Å². The molecule has 1 heterocycles. The molecule has 0 saturated heterocycles. The molecule has 3 N–H and O–H groups in total. The van der Waals surface area contributed by atoms with Gasteiger partial charge in [-0.25, -0.2) is 0 Å². The lowest BCUT2D eigenvalue weighted by Crippen LogP contribution is -2.25. The maximum absolute atomic E-state index is 12.2. The van der Waals surface area contributed by atoms with Gasteiger partial charge in [-0.2, -0.15) is 0 Å². The van der Waals surface area contributed by atoms with E-state index in [0.29, 0.717) is 40.5 Å². The minimum absolute atomic E-state index is 0.166. The maximum Gasteiger partial charge on any atom is 0.265 e. The lowest BCUT2D eigenvalue weighted by atomic mass is 10.2. The van der Waals surface area contributed by atoms with Crippen molar-refractivity contribution >= 4 is 40.4 Å². The van der Waals surface area contributed by atoms with E-state index in [1.165, 1.54) is 11.3 Å². The van der Waals surface area contributed by atoms with Gasteiger partial charge >= 0.3 is 0 Å². The third-order valence-corrected chi connectivity index (χ3v) is 5.24. The van der Waals surface area contributed by atoms with Gasteiger partial charge in [-0.3, -0.25) is 14.4 Å². The number of nitrogens with one attached hydrogen (secondary N) is 3. The molecule has 3 rings (SSSR count). The van der Waals surface area contributed by atoms with Crippen molar-refractivity contribution in [3.8, 4) is 5.75 Å². The Labute approximate surface area is 184 Å². The Bertz CT molecular complexity index is 1030. The summed E-state index contributed by atoms with van der Waals surface area (Å²) in [6, 6.07) is 17.4. The molecule has 8 heteroatoms. The van der Waals surface area contributed by atoms with E-state index >= 15 is 0 Å². The second-order valence-electron chi connectivity index (χ2n) is 6.65. The van der Waals surface area contributed by atoms with Crippen LogP contribution >= 0.6 is 11.3 Å². The third kappa shape index (κ3) is 6.68. The molecule has 0 spiro atoms. The molecule has 0 aliphatic rings. The van der Waals surface area contributed by atoms with E-state index in [-0.39, 0.29) is 24.1 Å². The molecular formula is C23H23N3O4S. The number of ether oxygens (including phenoxy) is 1. The molecule has 1 aromatic heterocycles. The summed E-state index contributed by atoms with van der Waals surface area (Å²) in [4.78, 5) is 37.1. The molecule has 0 bridgehead atoms. The Morgan fingerprint density at radius 2 is 1.65 bits per heavy atom. The van der Waals surface area contributed by atoms with Crippen molar-refractivity contribution in [1.29, 1.82) is 0 Å². The van der Waals surface area contributed by atoms with Gasteiger partial charge in [0, 0.05) is 29.9 Å². The van der Waals surface area contributed by atoms with Gasteiger partial charge in [0.05, 0.1) is 12.0 Å². The minimum atomic E-state index is -0.197. The molecule has 0 radical (unpaired) electrons. The van der Waals surface area contributed by atoms with Gasteiger partial charge in [0.15, 0.2) is 0 Å². The second-order valence-corrected chi connectivity index (χ2v) is 7.60. The van der Waals surface area contributed by atoms with Crippen LogP contribution in [0, 0.1) is 0 Å². The van der Waals surface area contributed by atoms with E-state index in [9.17, 15) is 14.4 Å². The van der Waals surface area contributed by atoms with E-state index in [0.717, 1.165) is 0 Å². The highest BCUT2D eigenvalue weighted by Crippen LogP contribution is 2.18. The first-order valence-corrected chi connectivity index (χ1v) is 10.6. The zero-order chi connectivity index (χ0) is 22.1. The molecule has 31 heavy (non-hydrogen) atoms. The van der Waals surface area contributed by atoms with Gasteiger partial charge in [0.25, 0.3) is 11.8 Å². The monoisotopic (exact) mass is 437 g/mol. The van der Waals surface area contributed by atoms with Crippen LogP contribution in [0.2, 0.25) is 0 Å². The quantitative estimate of drug-likeness (QED) is 0.438. The van der Waals surface area contributed by atoms with Crippen LogP contribution in [-0.2, 0) is 4.79 Å². The molecule has 160 valence electrons. The highest BCUT2D eigenvalue weighted by atomic mass is 32.1. The predicted molar refractivity (Wildman–Crippen MR) is 122 cm³/mol. The van der Waals surface area contributed by atoms with Crippen molar-refractivity contribution in [3.05, 3.63) is 76.5 Å². The first-order chi connectivity index (χ1) is 15.0. The third-order valence-electron chi connectivity index (χ3n) is 4.37. The standard InChI is InChI=1S/C23H23N3O4S/c1-30-19-11-9-16(10-12-19)22(28)24-13-3-8-21(27)25-17-5-2-6-18(15-17)26-23(29)20-7-4-14-31-20/h2,4-7,9-12,14-15H,3,8,13H2,1H3,(H,24,28)(H,25,27)(H,26,29). The van der Waals surface area contributed by atoms with Gasteiger partial charge < -0.3 is 20.7 Å². The molecular weight excluding hydrogens is 414 g/mol. The summed E-state index contributed by atoms with van der Waals surface area (Å²) in [5.74, 6) is 0.132.